The van der Waals surface area contributed by atoms with Crippen LogP contribution in [0.3, 0.4) is 0 Å². The van der Waals surface area contributed by atoms with Crippen molar-refractivity contribution in [3.05, 3.63) is 35.9 Å². The van der Waals surface area contributed by atoms with E-state index in [-0.39, 0.29) is 6.42 Å². The molecule has 0 spiro atoms. The van der Waals surface area contributed by atoms with Gasteiger partial charge in [0, 0.05) is 27.6 Å². The SMILES string of the molecule is CC(C)C1C(=O)O[C@H](Cc2ccccc2)C(=O)N(C)C(C(C)C)C(=O)O[C@H](C)C(=O)N(C)C(C(C)C)C(=O)O[C@H](C)C(=O)N1C. The lowest BCUT2D eigenvalue weighted by molar-refractivity contribution is -0.177. The lowest BCUT2D eigenvalue weighted by atomic mass is 10.00. The average molecular weight is 632 g/mol. The summed E-state index contributed by atoms with van der Waals surface area (Å²) in [7, 11) is 4.21. The second-order valence-corrected chi connectivity index (χ2v) is 12.7. The number of likely N-dealkylation sites (N-methyl/N-ethyl adjacent to an activating group) is 3. The Balaban J connectivity index is 2.67. The van der Waals surface area contributed by atoms with Gasteiger partial charge < -0.3 is 28.9 Å². The fourth-order valence-corrected chi connectivity index (χ4v) is 5.65. The van der Waals surface area contributed by atoms with E-state index in [0.717, 1.165) is 9.80 Å². The molecule has 0 N–H and O–H groups in total. The number of benzene rings is 1. The molecule has 1 aromatic rings. The molecule has 0 bridgehead atoms. The Hall–Kier alpha value is -3.96. The largest absolute Gasteiger partial charge is 0.451 e. The quantitative estimate of drug-likeness (QED) is 0.354. The highest BCUT2D eigenvalue weighted by Gasteiger charge is 2.42. The third-order valence-electron chi connectivity index (χ3n) is 7.99. The molecule has 0 saturated carbocycles. The van der Waals surface area contributed by atoms with Gasteiger partial charge in [0.2, 0.25) is 0 Å². The van der Waals surface area contributed by atoms with Crippen LogP contribution in [0.5, 0.6) is 0 Å². The van der Waals surface area contributed by atoms with Crippen molar-refractivity contribution in [2.24, 2.45) is 17.8 Å². The number of amides is 3. The van der Waals surface area contributed by atoms with Gasteiger partial charge in [-0.3, -0.25) is 14.4 Å². The van der Waals surface area contributed by atoms with Crippen molar-refractivity contribution in [2.45, 2.75) is 98.2 Å². The van der Waals surface area contributed by atoms with Gasteiger partial charge in [0.25, 0.3) is 17.7 Å². The predicted octanol–water partition coefficient (Wildman–Crippen LogP) is 2.47. The van der Waals surface area contributed by atoms with E-state index in [9.17, 15) is 28.8 Å². The Morgan fingerprint density at radius 3 is 1.24 bits per heavy atom. The first-order valence-electron chi connectivity index (χ1n) is 15.4. The fourth-order valence-electron chi connectivity index (χ4n) is 5.65. The highest BCUT2D eigenvalue weighted by molar-refractivity contribution is 5.93. The summed E-state index contributed by atoms with van der Waals surface area (Å²) in [6.07, 6.45) is -3.97. The molecule has 3 amide bonds. The Labute approximate surface area is 266 Å². The first-order chi connectivity index (χ1) is 20.9. The molecule has 1 saturated heterocycles. The zero-order chi connectivity index (χ0) is 34.3. The third kappa shape index (κ3) is 9.04. The third-order valence-corrected chi connectivity index (χ3v) is 7.99. The molecule has 250 valence electrons. The maximum Gasteiger partial charge on any atom is 0.329 e. The number of ether oxygens (including phenoxy) is 3. The standard InChI is InChI=1S/C33H49N3O9/c1-18(2)25-31(40)43-22(8)29(38)35(10)27(20(5)6)33(42)45-24(17-23-15-13-12-14-16-23)30(39)36(11)26(19(3)4)32(41)44-21(7)28(37)34(25)9/h12-16,18-22,24-27H,17H2,1-11H3/t21-,22-,24-,25?,26?,27?/m1/s1. The van der Waals surface area contributed by atoms with Crippen LogP contribution in [0, 0.1) is 17.8 Å². The summed E-state index contributed by atoms with van der Waals surface area (Å²) in [5.41, 5.74) is 0.705. The number of carbonyl (C=O) groups excluding carboxylic acids is 6. The first kappa shape index (κ1) is 37.2. The van der Waals surface area contributed by atoms with E-state index in [1.807, 2.05) is 6.07 Å². The molecule has 1 heterocycles. The van der Waals surface area contributed by atoms with Crippen LogP contribution in [0.2, 0.25) is 0 Å². The van der Waals surface area contributed by atoms with E-state index in [2.05, 4.69) is 0 Å². The van der Waals surface area contributed by atoms with Crippen LogP contribution in [0.4, 0.5) is 0 Å². The normalized spacial score (nSPS) is 27.0. The van der Waals surface area contributed by atoms with Crippen molar-refractivity contribution in [2.75, 3.05) is 21.1 Å². The predicted molar refractivity (Wildman–Crippen MR) is 165 cm³/mol. The smallest absolute Gasteiger partial charge is 0.329 e. The van der Waals surface area contributed by atoms with Gasteiger partial charge in [-0.15, -0.1) is 0 Å². The van der Waals surface area contributed by atoms with Gasteiger partial charge in [-0.05, 0) is 37.2 Å². The number of nitrogens with zero attached hydrogens (tertiary/aromatic N) is 3. The summed E-state index contributed by atoms with van der Waals surface area (Å²) in [6, 6.07) is 5.56. The van der Waals surface area contributed by atoms with E-state index in [1.54, 1.807) is 65.8 Å². The van der Waals surface area contributed by atoms with Gasteiger partial charge >= 0.3 is 17.9 Å². The summed E-state index contributed by atoms with van der Waals surface area (Å²) in [5.74, 6) is -5.79. The number of hydrogen-bond acceptors (Lipinski definition) is 9. The fraction of sp³-hybridized carbons (Fsp3) is 0.636. The Bertz CT molecular complexity index is 1230. The summed E-state index contributed by atoms with van der Waals surface area (Å²) in [5, 5.41) is 0. The van der Waals surface area contributed by atoms with Crippen LogP contribution in [0.25, 0.3) is 0 Å². The van der Waals surface area contributed by atoms with Crippen LogP contribution in [0.1, 0.15) is 61.0 Å². The van der Waals surface area contributed by atoms with Gasteiger partial charge in [-0.2, -0.15) is 0 Å². The maximum absolute atomic E-state index is 14.0. The highest BCUT2D eigenvalue weighted by Crippen LogP contribution is 2.22. The van der Waals surface area contributed by atoms with Crippen LogP contribution in [0.15, 0.2) is 30.3 Å². The minimum Gasteiger partial charge on any atom is -0.451 e. The second kappa shape index (κ2) is 15.9. The molecular weight excluding hydrogens is 582 g/mol. The van der Waals surface area contributed by atoms with Gasteiger partial charge in [-0.25, -0.2) is 14.4 Å². The van der Waals surface area contributed by atoms with Gasteiger partial charge in [0.05, 0.1) is 0 Å². The molecule has 1 aliphatic heterocycles. The van der Waals surface area contributed by atoms with Crippen molar-refractivity contribution >= 4 is 35.6 Å². The summed E-state index contributed by atoms with van der Waals surface area (Å²) >= 11 is 0. The van der Waals surface area contributed by atoms with Crippen molar-refractivity contribution in [3.63, 3.8) is 0 Å². The van der Waals surface area contributed by atoms with E-state index < -0.39 is 89.8 Å². The molecule has 12 nitrogen and oxygen atoms in total. The molecule has 6 atom stereocenters. The van der Waals surface area contributed by atoms with E-state index >= 15 is 0 Å². The molecule has 1 aromatic carbocycles. The second-order valence-electron chi connectivity index (χ2n) is 12.7. The van der Waals surface area contributed by atoms with Gasteiger partial charge in [0.15, 0.2) is 18.3 Å². The van der Waals surface area contributed by atoms with Crippen LogP contribution in [-0.2, 0) is 49.4 Å². The van der Waals surface area contributed by atoms with Crippen molar-refractivity contribution in [1.82, 2.24) is 14.7 Å². The van der Waals surface area contributed by atoms with E-state index in [4.69, 9.17) is 14.2 Å². The zero-order valence-electron chi connectivity index (χ0n) is 28.3. The number of carbonyl (C=O) groups is 6. The number of hydrogen-bond donors (Lipinski definition) is 0. The topological polar surface area (TPSA) is 140 Å². The molecular formula is C33H49N3O9. The Kier molecular flexibility index (Phi) is 13.1. The lowest BCUT2D eigenvalue weighted by Crippen LogP contribution is -2.56. The first-order valence-corrected chi connectivity index (χ1v) is 15.4. The molecule has 45 heavy (non-hydrogen) atoms. The van der Waals surface area contributed by atoms with Crippen LogP contribution in [-0.4, -0.2) is 108 Å². The molecule has 0 aliphatic carbocycles. The molecule has 0 radical (unpaired) electrons. The van der Waals surface area contributed by atoms with Gasteiger partial charge in [0.1, 0.15) is 18.1 Å². The monoisotopic (exact) mass is 631 g/mol. The van der Waals surface area contributed by atoms with Gasteiger partial charge in [-0.1, -0.05) is 71.9 Å². The Morgan fingerprint density at radius 1 is 0.556 bits per heavy atom. The summed E-state index contributed by atoms with van der Waals surface area (Å²) in [4.78, 5) is 84.9. The highest BCUT2D eigenvalue weighted by atomic mass is 16.6. The summed E-state index contributed by atoms with van der Waals surface area (Å²) in [6.45, 7) is 13.1. The van der Waals surface area contributed by atoms with Crippen LogP contribution < -0.4 is 0 Å². The number of cyclic esters (lactones) is 3. The minimum atomic E-state index is -1.35. The molecule has 0 aromatic heterocycles. The number of esters is 3. The molecule has 2 rings (SSSR count). The van der Waals surface area contributed by atoms with E-state index in [1.165, 1.54) is 39.9 Å². The summed E-state index contributed by atoms with van der Waals surface area (Å²) < 4.78 is 16.9. The van der Waals surface area contributed by atoms with E-state index in [0.29, 0.717) is 5.56 Å². The van der Waals surface area contributed by atoms with Crippen molar-refractivity contribution in [3.8, 4) is 0 Å². The number of rotatable bonds is 5. The lowest BCUT2D eigenvalue weighted by Gasteiger charge is -2.36. The van der Waals surface area contributed by atoms with Crippen molar-refractivity contribution in [1.29, 1.82) is 0 Å². The Morgan fingerprint density at radius 2 is 0.889 bits per heavy atom. The molecule has 1 aliphatic rings. The minimum absolute atomic E-state index is 0.00236. The zero-order valence-corrected chi connectivity index (χ0v) is 28.3. The van der Waals surface area contributed by atoms with Crippen molar-refractivity contribution < 1.29 is 43.0 Å². The van der Waals surface area contributed by atoms with Crippen LogP contribution >= 0.6 is 0 Å². The maximum atomic E-state index is 14.0. The molecule has 1 fully saturated rings. The molecule has 12 heteroatoms. The molecule has 3 unspecified atom stereocenters. The average Bonchev–Trinajstić information content (AvgIpc) is 2.94.